The summed E-state index contributed by atoms with van der Waals surface area (Å²) in [5.41, 5.74) is 3.46. The van der Waals surface area contributed by atoms with Crippen molar-refractivity contribution in [2.45, 2.75) is 17.0 Å². The van der Waals surface area contributed by atoms with Crippen molar-refractivity contribution >= 4 is 40.2 Å². The molecule has 1 heterocycles. The fourth-order valence-electron chi connectivity index (χ4n) is 2.03. The number of benzene rings is 2. The van der Waals surface area contributed by atoms with Gasteiger partial charge < -0.3 is 0 Å². The summed E-state index contributed by atoms with van der Waals surface area (Å²) in [6, 6.07) is 18.1. The first kappa shape index (κ1) is 17.4. The molecule has 3 rings (SSSR count). The van der Waals surface area contributed by atoms with Gasteiger partial charge >= 0.3 is 0 Å². The molecule has 1 aromatic heterocycles. The first-order valence-corrected chi connectivity index (χ1v) is 9.55. The van der Waals surface area contributed by atoms with Crippen molar-refractivity contribution in [3.8, 4) is 0 Å². The first-order chi connectivity index (χ1) is 12.2. The molecule has 0 fully saturated rings. The summed E-state index contributed by atoms with van der Waals surface area (Å²) in [4.78, 5) is 11.9. The van der Waals surface area contributed by atoms with Gasteiger partial charge in [-0.2, -0.15) is 0 Å². The lowest BCUT2D eigenvalue weighted by Crippen LogP contribution is -2.07. The van der Waals surface area contributed by atoms with Gasteiger partial charge in [0.25, 0.3) is 0 Å². The number of aromatic nitrogens is 2. The zero-order valence-electron chi connectivity index (χ0n) is 13.7. The largest absolute Gasteiger partial charge is 0.297 e. The van der Waals surface area contributed by atoms with Crippen LogP contribution >= 0.6 is 23.1 Å². The fraction of sp³-hybridized carbons (Fsp3) is 0.105. The van der Waals surface area contributed by atoms with Crippen molar-refractivity contribution in [3.63, 3.8) is 0 Å². The molecular formula is C19H17N3OS2. The number of rotatable bonds is 6. The first-order valence-electron chi connectivity index (χ1n) is 7.75. The maximum absolute atomic E-state index is 11.9. The predicted molar refractivity (Wildman–Crippen MR) is 105 cm³/mol. The monoisotopic (exact) mass is 367 g/mol. The van der Waals surface area contributed by atoms with Crippen molar-refractivity contribution < 1.29 is 4.79 Å². The minimum atomic E-state index is -0.213. The van der Waals surface area contributed by atoms with Crippen LogP contribution in [-0.2, 0) is 10.5 Å². The molecule has 0 aliphatic carbocycles. The van der Waals surface area contributed by atoms with Crippen LogP contribution in [0, 0.1) is 6.92 Å². The van der Waals surface area contributed by atoms with Crippen molar-refractivity contribution in [1.29, 1.82) is 0 Å². The second kappa shape index (κ2) is 8.60. The number of hydrogen-bond donors (Lipinski definition) is 1. The van der Waals surface area contributed by atoms with Gasteiger partial charge in [-0.15, -0.1) is 10.2 Å². The Hall–Kier alpha value is -2.44. The molecule has 25 heavy (non-hydrogen) atoms. The van der Waals surface area contributed by atoms with E-state index >= 15 is 0 Å². The van der Waals surface area contributed by atoms with Gasteiger partial charge in [-0.05, 0) is 24.1 Å². The molecule has 6 heteroatoms. The molecule has 0 unspecified atom stereocenters. The highest BCUT2D eigenvalue weighted by atomic mass is 32.2. The molecule has 1 amide bonds. The minimum absolute atomic E-state index is 0.213. The van der Waals surface area contributed by atoms with Crippen LogP contribution in [0.25, 0.3) is 6.08 Å². The lowest BCUT2D eigenvalue weighted by Gasteiger charge is -1.99. The number of carbonyl (C=O) groups is 1. The molecule has 0 aliphatic heterocycles. The molecule has 0 bridgehead atoms. The molecule has 0 radical (unpaired) electrons. The van der Waals surface area contributed by atoms with Crippen LogP contribution < -0.4 is 5.32 Å². The Morgan fingerprint density at radius 2 is 1.88 bits per heavy atom. The molecule has 4 nitrogen and oxygen atoms in total. The van der Waals surface area contributed by atoms with Gasteiger partial charge in [0.15, 0.2) is 4.34 Å². The minimum Gasteiger partial charge on any atom is -0.297 e. The molecular weight excluding hydrogens is 350 g/mol. The number of thioether (sulfide) groups is 1. The Balaban J connectivity index is 1.51. The highest BCUT2D eigenvalue weighted by molar-refractivity contribution is 8.00. The van der Waals surface area contributed by atoms with E-state index in [1.54, 1.807) is 17.8 Å². The van der Waals surface area contributed by atoms with E-state index in [1.807, 2.05) is 30.3 Å². The van der Waals surface area contributed by atoms with Crippen LogP contribution in [0.4, 0.5) is 5.13 Å². The summed E-state index contributed by atoms with van der Waals surface area (Å²) in [6.07, 6.45) is 3.26. The normalized spacial score (nSPS) is 10.9. The van der Waals surface area contributed by atoms with Gasteiger partial charge in [0.2, 0.25) is 11.0 Å². The van der Waals surface area contributed by atoms with E-state index in [1.165, 1.54) is 28.5 Å². The molecule has 0 saturated carbocycles. The highest BCUT2D eigenvalue weighted by Crippen LogP contribution is 2.28. The molecule has 0 atom stereocenters. The standard InChI is InChI=1S/C19H17N3OS2/c1-14-7-9-16(10-8-14)13-24-19-22-21-18(25-19)20-17(23)12-11-15-5-3-2-4-6-15/h2-12H,13H2,1H3,(H,20,21,23)/b12-11+. The van der Waals surface area contributed by atoms with Gasteiger partial charge in [0.05, 0.1) is 0 Å². The summed E-state index contributed by atoms with van der Waals surface area (Å²) < 4.78 is 0.836. The Morgan fingerprint density at radius 1 is 1.12 bits per heavy atom. The van der Waals surface area contributed by atoms with Crippen molar-refractivity contribution in [2.24, 2.45) is 0 Å². The zero-order chi connectivity index (χ0) is 17.5. The van der Waals surface area contributed by atoms with E-state index in [0.29, 0.717) is 5.13 Å². The number of nitrogens with one attached hydrogen (secondary N) is 1. The van der Waals surface area contributed by atoms with Crippen molar-refractivity contribution in [2.75, 3.05) is 5.32 Å². The number of carbonyl (C=O) groups excluding carboxylic acids is 1. The van der Waals surface area contributed by atoms with Gasteiger partial charge in [0, 0.05) is 11.8 Å². The summed E-state index contributed by atoms with van der Waals surface area (Å²) in [6.45, 7) is 2.07. The van der Waals surface area contributed by atoms with Gasteiger partial charge in [-0.25, -0.2) is 0 Å². The molecule has 126 valence electrons. The lowest BCUT2D eigenvalue weighted by molar-refractivity contribution is -0.111. The second-order valence-corrected chi connectivity index (χ2v) is 7.58. The Bertz CT molecular complexity index is 858. The van der Waals surface area contributed by atoms with Gasteiger partial charge in [-0.3, -0.25) is 10.1 Å². The maximum atomic E-state index is 11.9. The van der Waals surface area contributed by atoms with Gasteiger partial charge in [0.1, 0.15) is 0 Å². The van der Waals surface area contributed by atoms with E-state index in [9.17, 15) is 4.79 Å². The molecule has 1 N–H and O–H groups in total. The predicted octanol–water partition coefficient (Wildman–Crippen LogP) is 4.79. The molecule has 0 saturated heterocycles. The van der Waals surface area contributed by atoms with E-state index in [0.717, 1.165) is 15.7 Å². The zero-order valence-corrected chi connectivity index (χ0v) is 15.3. The van der Waals surface area contributed by atoms with Crippen LogP contribution in [0.3, 0.4) is 0 Å². The number of nitrogens with zero attached hydrogens (tertiary/aromatic N) is 2. The Kier molecular flexibility index (Phi) is 5.98. The Labute approximate surface area is 155 Å². The number of amides is 1. The molecule has 0 spiro atoms. The summed E-state index contributed by atoms with van der Waals surface area (Å²) in [5.74, 6) is 0.617. The van der Waals surface area contributed by atoms with Crippen LogP contribution in [0.15, 0.2) is 65.0 Å². The van der Waals surface area contributed by atoms with E-state index in [2.05, 4.69) is 46.7 Å². The number of anilines is 1. The SMILES string of the molecule is Cc1ccc(CSc2nnc(NC(=O)/C=C/c3ccccc3)s2)cc1. The second-order valence-electron chi connectivity index (χ2n) is 5.38. The topological polar surface area (TPSA) is 54.9 Å². The Morgan fingerprint density at radius 3 is 2.64 bits per heavy atom. The lowest BCUT2D eigenvalue weighted by atomic mass is 10.2. The summed E-state index contributed by atoms with van der Waals surface area (Å²) in [5, 5.41) is 11.4. The number of hydrogen-bond acceptors (Lipinski definition) is 5. The molecule has 0 aliphatic rings. The third kappa shape index (κ3) is 5.55. The average Bonchev–Trinajstić information content (AvgIpc) is 3.08. The fourth-order valence-corrected chi connectivity index (χ4v) is 3.74. The maximum Gasteiger partial charge on any atom is 0.250 e. The van der Waals surface area contributed by atoms with Crippen LogP contribution in [0.2, 0.25) is 0 Å². The third-order valence-electron chi connectivity index (χ3n) is 3.35. The van der Waals surface area contributed by atoms with Crippen molar-refractivity contribution in [3.05, 3.63) is 77.4 Å². The van der Waals surface area contributed by atoms with E-state index in [4.69, 9.17) is 0 Å². The quantitative estimate of drug-likeness (QED) is 0.387. The van der Waals surface area contributed by atoms with E-state index in [-0.39, 0.29) is 5.91 Å². The molecule has 2 aromatic carbocycles. The van der Waals surface area contributed by atoms with Crippen LogP contribution in [-0.4, -0.2) is 16.1 Å². The van der Waals surface area contributed by atoms with E-state index < -0.39 is 0 Å². The van der Waals surface area contributed by atoms with Crippen molar-refractivity contribution in [1.82, 2.24) is 10.2 Å². The van der Waals surface area contributed by atoms with Crippen LogP contribution in [0.1, 0.15) is 16.7 Å². The molecule has 3 aromatic rings. The smallest absolute Gasteiger partial charge is 0.250 e. The summed E-state index contributed by atoms with van der Waals surface area (Å²) >= 11 is 2.99. The van der Waals surface area contributed by atoms with Crippen LogP contribution in [0.5, 0.6) is 0 Å². The average molecular weight is 367 g/mol. The number of aryl methyl sites for hydroxylation is 1. The van der Waals surface area contributed by atoms with Gasteiger partial charge in [-0.1, -0.05) is 83.3 Å². The third-order valence-corrected chi connectivity index (χ3v) is 5.39. The summed E-state index contributed by atoms with van der Waals surface area (Å²) in [7, 11) is 0. The highest BCUT2D eigenvalue weighted by Gasteiger charge is 2.07.